The summed E-state index contributed by atoms with van der Waals surface area (Å²) in [6, 6.07) is 3.89. The van der Waals surface area contributed by atoms with Crippen LogP contribution in [0.25, 0.3) is 6.08 Å². The molecule has 200 valence electrons. The molecule has 36 heavy (non-hydrogen) atoms. The number of carbonyl (C=O) groups is 2. The van der Waals surface area contributed by atoms with Gasteiger partial charge in [-0.3, -0.25) is 14.6 Å². The normalized spacial score (nSPS) is 36.6. The van der Waals surface area contributed by atoms with Crippen LogP contribution in [-0.2, 0) is 19.1 Å². The number of pyridine rings is 1. The van der Waals surface area contributed by atoms with E-state index in [-0.39, 0.29) is 29.8 Å². The molecule has 0 bridgehead atoms. The molecule has 0 radical (unpaired) electrons. The second-order valence-corrected chi connectivity index (χ2v) is 11.7. The predicted molar refractivity (Wildman–Crippen MR) is 138 cm³/mol. The highest BCUT2D eigenvalue weighted by atomic mass is 16.6. The largest absolute Gasteiger partial charge is 0.458 e. The van der Waals surface area contributed by atoms with Crippen molar-refractivity contribution in [3.8, 4) is 0 Å². The Kier molecular flexibility index (Phi) is 8.79. The van der Waals surface area contributed by atoms with Crippen molar-refractivity contribution in [2.45, 2.75) is 111 Å². The van der Waals surface area contributed by atoms with E-state index in [4.69, 9.17) is 9.47 Å². The number of aliphatic hydroxyl groups excluding tert-OH is 2. The lowest BCUT2D eigenvalue weighted by molar-refractivity contribution is -0.154. The maximum atomic E-state index is 13.2. The van der Waals surface area contributed by atoms with Gasteiger partial charge in [-0.1, -0.05) is 34.1 Å². The lowest BCUT2D eigenvalue weighted by Crippen LogP contribution is -2.45. The van der Waals surface area contributed by atoms with Gasteiger partial charge >= 0.3 is 5.97 Å². The summed E-state index contributed by atoms with van der Waals surface area (Å²) in [5.74, 6) is -1.57. The Morgan fingerprint density at radius 3 is 2.56 bits per heavy atom. The van der Waals surface area contributed by atoms with Gasteiger partial charge in [0.2, 0.25) is 0 Å². The first kappa shape index (κ1) is 28.5. The van der Waals surface area contributed by atoms with Crippen LogP contribution < -0.4 is 0 Å². The van der Waals surface area contributed by atoms with Gasteiger partial charge < -0.3 is 19.7 Å². The van der Waals surface area contributed by atoms with Crippen molar-refractivity contribution in [2.24, 2.45) is 17.3 Å². The molecular formula is C29H43NO6. The van der Waals surface area contributed by atoms with E-state index in [0.717, 1.165) is 36.1 Å². The third-order valence-electron chi connectivity index (χ3n) is 8.23. The molecule has 1 aromatic heterocycles. The van der Waals surface area contributed by atoms with E-state index in [2.05, 4.69) is 11.9 Å². The number of hydrogen-bond donors (Lipinski definition) is 2. The van der Waals surface area contributed by atoms with Gasteiger partial charge in [-0.2, -0.15) is 0 Å². The maximum Gasteiger partial charge on any atom is 0.309 e. The number of ketones is 1. The smallest absolute Gasteiger partial charge is 0.309 e. The molecule has 0 aromatic carbocycles. The van der Waals surface area contributed by atoms with Crippen LogP contribution in [0.4, 0.5) is 0 Å². The average molecular weight is 502 g/mol. The number of epoxide rings is 1. The van der Waals surface area contributed by atoms with Crippen molar-refractivity contribution < 1.29 is 29.3 Å². The van der Waals surface area contributed by atoms with E-state index in [0.29, 0.717) is 6.42 Å². The molecule has 7 atom stereocenters. The molecule has 3 unspecified atom stereocenters. The summed E-state index contributed by atoms with van der Waals surface area (Å²) in [5, 5.41) is 21.7. The summed E-state index contributed by atoms with van der Waals surface area (Å²) in [6.07, 6.45) is 3.65. The molecule has 0 spiro atoms. The summed E-state index contributed by atoms with van der Waals surface area (Å²) in [6.45, 7) is 12.9. The number of carbonyl (C=O) groups excluding carboxylic acids is 2. The molecule has 2 aliphatic rings. The summed E-state index contributed by atoms with van der Waals surface area (Å²) in [5.41, 5.74) is 1.19. The number of fused-ring (bicyclic) bond motifs is 1. The number of Topliss-reactive ketones (excluding diaryl/α,β-unsaturated/α-hetero) is 1. The fourth-order valence-electron chi connectivity index (χ4n) is 5.26. The third kappa shape index (κ3) is 6.61. The molecule has 2 aliphatic heterocycles. The summed E-state index contributed by atoms with van der Waals surface area (Å²) >= 11 is 0. The van der Waals surface area contributed by atoms with E-state index in [1.807, 2.05) is 39.0 Å². The minimum absolute atomic E-state index is 0.0564. The highest BCUT2D eigenvalue weighted by Crippen LogP contribution is 2.45. The van der Waals surface area contributed by atoms with Gasteiger partial charge in [0.05, 0.1) is 41.4 Å². The standard InChI is InChI=1S/C29H43NO6/c1-17-10-12-30-21(13-17)14-19(3)22-15-24-29(7,36-24)11-8-9-18(2)26(33)20(4)27(34)28(5,6)23(31)16-25(32)35-22/h10,12-14,18,20,22-24,26,31,33H,8-9,11,15-16H2,1-7H3/b19-14+/t18?,20?,22-,23?,24-,26-,29+/m0/s1. The number of hydrogen-bond acceptors (Lipinski definition) is 7. The van der Waals surface area contributed by atoms with Gasteiger partial charge in [-0.15, -0.1) is 0 Å². The van der Waals surface area contributed by atoms with Gasteiger partial charge in [0.1, 0.15) is 11.9 Å². The molecule has 3 heterocycles. The first-order valence-electron chi connectivity index (χ1n) is 13.1. The first-order chi connectivity index (χ1) is 16.7. The van der Waals surface area contributed by atoms with Crippen LogP contribution in [0.3, 0.4) is 0 Å². The van der Waals surface area contributed by atoms with Crippen LogP contribution in [0.15, 0.2) is 23.9 Å². The number of aliphatic hydroxyl groups is 2. The Hall–Kier alpha value is -2.09. The molecule has 3 rings (SSSR count). The molecule has 1 aromatic rings. The monoisotopic (exact) mass is 501 g/mol. The molecular weight excluding hydrogens is 458 g/mol. The average Bonchev–Trinajstić information content (AvgIpc) is 3.44. The molecule has 2 saturated heterocycles. The highest BCUT2D eigenvalue weighted by molar-refractivity contribution is 5.88. The second-order valence-electron chi connectivity index (χ2n) is 11.7. The van der Waals surface area contributed by atoms with Gasteiger partial charge in [-0.05, 0) is 68.9 Å². The number of ether oxygens (including phenoxy) is 2. The number of nitrogens with zero attached hydrogens (tertiary/aromatic N) is 1. The van der Waals surface area contributed by atoms with Gasteiger partial charge in [0.15, 0.2) is 0 Å². The lowest BCUT2D eigenvalue weighted by Gasteiger charge is -2.34. The van der Waals surface area contributed by atoms with Gasteiger partial charge in [-0.25, -0.2) is 0 Å². The van der Waals surface area contributed by atoms with E-state index in [1.165, 1.54) is 0 Å². The Morgan fingerprint density at radius 1 is 1.19 bits per heavy atom. The van der Waals surface area contributed by atoms with Gasteiger partial charge in [0.25, 0.3) is 0 Å². The number of aromatic nitrogens is 1. The Morgan fingerprint density at radius 2 is 1.89 bits per heavy atom. The lowest BCUT2D eigenvalue weighted by atomic mass is 9.73. The quantitative estimate of drug-likeness (QED) is 0.456. The molecule has 0 aliphatic carbocycles. The van der Waals surface area contributed by atoms with Crippen LogP contribution in [0, 0.1) is 24.2 Å². The van der Waals surface area contributed by atoms with Crippen LogP contribution in [-0.4, -0.2) is 57.0 Å². The summed E-state index contributed by atoms with van der Waals surface area (Å²) in [7, 11) is 0. The number of cyclic esters (lactones) is 1. The number of aryl methyl sites for hydroxylation is 1. The molecule has 0 amide bonds. The van der Waals surface area contributed by atoms with Crippen LogP contribution in [0.5, 0.6) is 0 Å². The van der Waals surface area contributed by atoms with Crippen LogP contribution in [0.2, 0.25) is 0 Å². The van der Waals surface area contributed by atoms with Crippen molar-refractivity contribution in [1.82, 2.24) is 4.98 Å². The Bertz CT molecular complexity index is 988. The van der Waals surface area contributed by atoms with Crippen molar-refractivity contribution in [3.63, 3.8) is 0 Å². The van der Waals surface area contributed by atoms with Crippen molar-refractivity contribution >= 4 is 17.8 Å². The molecule has 0 saturated carbocycles. The topological polar surface area (TPSA) is 109 Å². The molecule has 7 nitrogen and oxygen atoms in total. The maximum absolute atomic E-state index is 13.2. The minimum atomic E-state index is -1.24. The molecule has 7 heteroatoms. The molecule has 2 fully saturated rings. The number of rotatable bonds is 2. The van der Waals surface area contributed by atoms with Crippen molar-refractivity contribution in [1.29, 1.82) is 0 Å². The summed E-state index contributed by atoms with van der Waals surface area (Å²) < 4.78 is 12.0. The minimum Gasteiger partial charge on any atom is -0.458 e. The zero-order valence-electron chi connectivity index (χ0n) is 22.8. The van der Waals surface area contributed by atoms with Crippen LogP contribution in [0.1, 0.15) is 84.9 Å². The van der Waals surface area contributed by atoms with E-state index < -0.39 is 35.6 Å². The van der Waals surface area contributed by atoms with Crippen molar-refractivity contribution in [2.75, 3.05) is 0 Å². The Balaban J connectivity index is 1.87. The zero-order chi connectivity index (χ0) is 26.8. The van der Waals surface area contributed by atoms with Crippen LogP contribution >= 0.6 is 0 Å². The second kappa shape index (κ2) is 11.1. The number of esters is 1. The fraction of sp³-hybridized carbons (Fsp3) is 0.690. The first-order valence-corrected chi connectivity index (χ1v) is 13.1. The molecule has 2 N–H and O–H groups in total. The van der Waals surface area contributed by atoms with E-state index >= 15 is 0 Å². The predicted octanol–water partition coefficient (Wildman–Crippen LogP) is 4.42. The Labute approximate surface area is 215 Å². The van der Waals surface area contributed by atoms with Crippen molar-refractivity contribution in [3.05, 3.63) is 35.2 Å². The zero-order valence-corrected chi connectivity index (χ0v) is 22.8. The van der Waals surface area contributed by atoms with E-state index in [9.17, 15) is 19.8 Å². The fourth-order valence-corrected chi connectivity index (χ4v) is 5.26. The summed E-state index contributed by atoms with van der Waals surface area (Å²) in [4.78, 5) is 30.6. The highest BCUT2D eigenvalue weighted by Gasteiger charge is 2.53. The third-order valence-corrected chi connectivity index (χ3v) is 8.23. The van der Waals surface area contributed by atoms with Gasteiger partial charge in [0, 0.05) is 18.5 Å². The SMILES string of the molecule is C/C(=C\c1cc(C)ccn1)[C@@H]1C[C@@H]2O[C@]2(C)CCCC(C)[C@H](O)C(C)C(=O)C(C)(C)C(O)CC(=O)O1. The van der Waals surface area contributed by atoms with E-state index in [1.54, 1.807) is 27.0 Å².